The first-order valence-corrected chi connectivity index (χ1v) is 12.2. The van der Waals surface area contributed by atoms with Gasteiger partial charge in [0.1, 0.15) is 5.82 Å². The van der Waals surface area contributed by atoms with Crippen LogP contribution in [0.2, 0.25) is 0 Å². The van der Waals surface area contributed by atoms with Crippen molar-refractivity contribution in [1.29, 1.82) is 0 Å². The van der Waals surface area contributed by atoms with E-state index in [1.165, 1.54) is 12.3 Å². The summed E-state index contributed by atoms with van der Waals surface area (Å²) >= 11 is 0. The summed E-state index contributed by atoms with van der Waals surface area (Å²) in [6.07, 6.45) is -7.38. The minimum atomic E-state index is -4.62. The van der Waals surface area contributed by atoms with E-state index in [-0.39, 0.29) is 17.6 Å². The Morgan fingerprint density at radius 3 is 2.17 bits per heavy atom. The Labute approximate surface area is 225 Å². The van der Waals surface area contributed by atoms with E-state index < -0.39 is 29.3 Å². The normalized spacial score (nSPS) is 12.1. The molecule has 0 unspecified atom stereocenters. The molecule has 1 N–H and O–H groups in total. The van der Waals surface area contributed by atoms with Crippen LogP contribution in [0.1, 0.15) is 27.8 Å². The number of hydrogen-bond acceptors (Lipinski definition) is 2. The Kier molecular flexibility index (Phi) is 7.23. The fourth-order valence-corrected chi connectivity index (χ4v) is 4.65. The van der Waals surface area contributed by atoms with Crippen LogP contribution in [0.25, 0.3) is 22.0 Å². The van der Waals surface area contributed by atoms with Gasteiger partial charge in [-0.2, -0.15) is 26.3 Å². The molecule has 9 heteroatoms. The molecule has 0 saturated carbocycles. The fourth-order valence-electron chi connectivity index (χ4n) is 4.65. The third kappa shape index (κ3) is 5.78. The third-order valence-electron chi connectivity index (χ3n) is 6.53. The van der Waals surface area contributed by atoms with Gasteiger partial charge in [-0.25, -0.2) is 4.39 Å². The van der Waals surface area contributed by atoms with Crippen molar-refractivity contribution >= 4 is 16.6 Å². The summed E-state index contributed by atoms with van der Waals surface area (Å²) in [5.74, 6) is -0.790. The van der Waals surface area contributed by atoms with Crippen LogP contribution in [-0.2, 0) is 25.3 Å². The van der Waals surface area contributed by atoms with Gasteiger partial charge in [-0.15, -0.1) is 0 Å². The molecule has 204 valence electrons. The molecule has 40 heavy (non-hydrogen) atoms. The molecule has 0 atom stereocenters. The number of anilines is 1. The number of para-hydroxylation sites is 1. The van der Waals surface area contributed by atoms with Gasteiger partial charge < -0.3 is 5.32 Å². The number of nitrogens with one attached hydrogen (secondary N) is 1. The SMILES string of the molecule is Fc1ccc(C(F)(F)F)cc1CNc1cccc(-c2c(Cc3ccccc3)cnc3c(C(F)(F)F)cccc23)c1. The number of halogens is 7. The highest BCUT2D eigenvalue weighted by Gasteiger charge is 2.34. The Bertz CT molecular complexity index is 1660. The Balaban J connectivity index is 1.57. The first-order valence-electron chi connectivity index (χ1n) is 12.2. The topological polar surface area (TPSA) is 24.9 Å². The number of hydrogen-bond donors (Lipinski definition) is 1. The van der Waals surface area contributed by atoms with Gasteiger partial charge in [0.15, 0.2) is 0 Å². The highest BCUT2D eigenvalue weighted by Crippen LogP contribution is 2.39. The van der Waals surface area contributed by atoms with E-state index in [9.17, 15) is 30.7 Å². The summed E-state index contributed by atoms with van der Waals surface area (Å²) < 4.78 is 95.0. The van der Waals surface area contributed by atoms with Crippen LogP contribution in [0, 0.1) is 5.82 Å². The zero-order valence-corrected chi connectivity index (χ0v) is 20.7. The summed E-state index contributed by atoms with van der Waals surface area (Å²) in [5.41, 5.74) is 1.03. The van der Waals surface area contributed by atoms with Gasteiger partial charge in [-0.1, -0.05) is 54.6 Å². The molecule has 0 bridgehead atoms. The molecule has 5 rings (SSSR count). The highest BCUT2D eigenvalue weighted by molar-refractivity contribution is 5.98. The Morgan fingerprint density at radius 1 is 0.700 bits per heavy atom. The molecule has 2 nitrogen and oxygen atoms in total. The number of benzene rings is 4. The molecule has 0 aliphatic rings. The third-order valence-corrected chi connectivity index (χ3v) is 6.53. The second kappa shape index (κ2) is 10.6. The van der Waals surface area contributed by atoms with Crippen LogP contribution in [-0.4, -0.2) is 4.98 Å². The summed E-state index contributed by atoms with van der Waals surface area (Å²) in [4.78, 5) is 4.20. The first kappa shape index (κ1) is 27.2. The molecule has 0 amide bonds. The largest absolute Gasteiger partial charge is 0.418 e. The fraction of sp³-hybridized carbons (Fsp3) is 0.129. The molecule has 0 aliphatic carbocycles. The van der Waals surface area contributed by atoms with E-state index in [1.807, 2.05) is 30.3 Å². The molecule has 5 aromatic rings. The van der Waals surface area contributed by atoms with Gasteiger partial charge in [0.2, 0.25) is 0 Å². The second-order valence-electron chi connectivity index (χ2n) is 9.26. The van der Waals surface area contributed by atoms with Crippen molar-refractivity contribution in [3.05, 3.63) is 131 Å². The van der Waals surface area contributed by atoms with Crippen molar-refractivity contribution in [2.24, 2.45) is 0 Å². The van der Waals surface area contributed by atoms with E-state index in [0.29, 0.717) is 40.3 Å². The number of alkyl halides is 6. The van der Waals surface area contributed by atoms with E-state index in [4.69, 9.17) is 0 Å². The summed E-state index contributed by atoms with van der Waals surface area (Å²) in [5, 5.41) is 3.25. The summed E-state index contributed by atoms with van der Waals surface area (Å²) in [6.45, 7) is -0.231. The number of rotatable bonds is 6. The Morgan fingerprint density at radius 2 is 1.45 bits per heavy atom. The van der Waals surface area contributed by atoms with Crippen LogP contribution in [0.15, 0.2) is 97.2 Å². The maximum atomic E-state index is 14.3. The lowest BCUT2D eigenvalue weighted by Crippen LogP contribution is -2.09. The van der Waals surface area contributed by atoms with Gasteiger partial charge in [0, 0.05) is 29.4 Å². The predicted octanol–water partition coefficient (Wildman–Crippen LogP) is 9.28. The van der Waals surface area contributed by atoms with Crippen molar-refractivity contribution in [3.63, 3.8) is 0 Å². The second-order valence-corrected chi connectivity index (χ2v) is 9.26. The van der Waals surface area contributed by atoms with E-state index in [0.717, 1.165) is 23.8 Å². The molecule has 1 aromatic heterocycles. The van der Waals surface area contributed by atoms with Gasteiger partial charge in [0.25, 0.3) is 0 Å². The lowest BCUT2D eigenvalue weighted by molar-refractivity contribution is -0.138. The van der Waals surface area contributed by atoms with Crippen LogP contribution >= 0.6 is 0 Å². The maximum Gasteiger partial charge on any atom is 0.418 e. The lowest BCUT2D eigenvalue weighted by atomic mass is 9.91. The zero-order valence-electron chi connectivity index (χ0n) is 20.7. The number of pyridine rings is 1. The molecule has 1 heterocycles. The van der Waals surface area contributed by atoms with Crippen molar-refractivity contribution in [2.75, 3.05) is 5.32 Å². The predicted molar refractivity (Wildman–Crippen MR) is 140 cm³/mol. The van der Waals surface area contributed by atoms with E-state index in [1.54, 1.807) is 30.3 Å². The number of fused-ring (bicyclic) bond motifs is 1. The maximum absolute atomic E-state index is 14.3. The minimum absolute atomic E-state index is 0.172. The standard InChI is InChI=1S/C31H21F7N2/c32-27-13-12-23(30(33,34)35)15-21(27)17-39-24-9-4-8-20(16-24)28-22(14-19-6-2-1-3-7-19)18-40-29-25(28)10-5-11-26(29)31(36,37)38/h1-13,15-16,18,39H,14,17H2. The van der Waals surface area contributed by atoms with Gasteiger partial charge in [0.05, 0.1) is 16.6 Å². The van der Waals surface area contributed by atoms with E-state index in [2.05, 4.69) is 10.3 Å². The molecule has 4 aromatic carbocycles. The summed E-state index contributed by atoms with van der Waals surface area (Å²) in [6, 6.07) is 22.2. The average Bonchev–Trinajstić information content (AvgIpc) is 2.91. The number of aromatic nitrogens is 1. The molecule has 0 radical (unpaired) electrons. The smallest absolute Gasteiger partial charge is 0.381 e. The van der Waals surface area contributed by atoms with Gasteiger partial charge >= 0.3 is 12.4 Å². The van der Waals surface area contributed by atoms with Crippen LogP contribution in [0.3, 0.4) is 0 Å². The van der Waals surface area contributed by atoms with Gasteiger partial charge in [-0.3, -0.25) is 4.98 Å². The van der Waals surface area contributed by atoms with Crippen molar-refractivity contribution in [2.45, 2.75) is 25.3 Å². The molecule has 0 aliphatic heterocycles. The molecule has 0 spiro atoms. The van der Waals surface area contributed by atoms with Crippen LogP contribution in [0.4, 0.5) is 36.4 Å². The van der Waals surface area contributed by atoms with Gasteiger partial charge in [-0.05, 0) is 65.1 Å². The van der Waals surface area contributed by atoms with Crippen LogP contribution < -0.4 is 5.32 Å². The average molecular weight is 555 g/mol. The molecular weight excluding hydrogens is 533 g/mol. The van der Waals surface area contributed by atoms with Crippen molar-refractivity contribution < 1.29 is 30.7 Å². The summed E-state index contributed by atoms with van der Waals surface area (Å²) in [7, 11) is 0. The van der Waals surface area contributed by atoms with Crippen LogP contribution in [0.5, 0.6) is 0 Å². The Hall–Kier alpha value is -4.40. The minimum Gasteiger partial charge on any atom is -0.381 e. The van der Waals surface area contributed by atoms with E-state index >= 15 is 0 Å². The van der Waals surface area contributed by atoms with Crippen molar-refractivity contribution in [3.8, 4) is 11.1 Å². The molecule has 0 fully saturated rings. The zero-order chi connectivity index (χ0) is 28.5. The lowest BCUT2D eigenvalue weighted by Gasteiger charge is -2.17. The number of nitrogens with zero attached hydrogens (tertiary/aromatic N) is 1. The quantitative estimate of drug-likeness (QED) is 0.212. The monoisotopic (exact) mass is 554 g/mol. The highest BCUT2D eigenvalue weighted by atomic mass is 19.4. The molecular formula is C31H21F7N2. The first-order chi connectivity index (χ1) is 19.0. The van der Waals surface area contributed by atoms with Crippen molar-refractivity contribution in [1.82, 2.24) is 4.98 Å². The molecule has 0 saturated heterocycles.